The molecule has 18 rings (SSSR count). The van der Waals surface area contributed by atoms with Gasteiger partial charge in [0.25, 0.3) is 0 Å². The molecule has 90 heavy (non-hydrogen) atoms. The molecule has 0 aliphatic heterocycles. The summed E-state index contributed by atoms with van der Waals surface area (Å²) in [5.74, 6) is 0. The Morgan fingerprint density at radius 1 is 0.200 bits per heavy atom. The molecule has 0 fully saturated rings. The number of rotatable bonds is 7. The fourth-order valence-electron chi connectivity index (χ4n) is 13.2. The third kappa shape index (κ3) is 10.1. The fourth-order valence-corrected chi connectivity index (χ4v) is 13.6. The molecular formula is C85H61BrN4. The lowest BCUT2D eigenvalue weighted by Crippen LogP contribution is -1.95. The molecule has 428 valence electrons. The minimum atomic E-state index is 0. The topological polar surface area (TPSA) is 30.6 Å². The summed E-state index contributed by atoms with van der Waals surface area (Å²) >= 11 is 3.51. The fraction of sp³-hybridized carbons (Fsp3) is 0.0118. The standard InChI is InChI=1S/C42H28N2.C24H16N2.C18H13Br.CH4/c1-3-11-29(12-4-1)30-19-21-31(22-20-30)32-23-25-34(26-24-32)44-40-18-10-8-16-36(40)38-27-37-35-15-7-9-17-39(35)43(41(37)28-42(38)44)33-13-5-2-6-14-33;1-2-8-16(9-3-1)26-23-13-7-5-11-18(23)20-14-19-17-10-4-6-12-21(17)25-22(19)15-24(20)26;19-18-8-4-7-17(13-18)16-11-9-15(10-12-16)14-5-2-1-3-6-14;/h1-28H;1-15,25H;1-13H;1H4. The largest absolute Gasteiger partial charge is 0.354 e. The summed E-state index contributed by atoms with van der Waals surface area (Å²) in [5, 5.41) is 10.2. The average molecular weight is 1220 g/mol. The quantitative estimate of drug-likeness (QED) is 0.165. The number of H-pyrrole nitrogens is 1. The Morgan fingerprint density at radius 3 is 0.967 bits per heavy atom. The van der Waals surface area contributed by atoms with Crippen LogP contribution in [0.1, 0.15) is 7.43 Å². The van der Waals surface area contributed by atoms with Crippen LogP contribution in [0.5, 0.6) is 0 Å². The molecule has 4 aromatic heterocycles. The van der Waals surface area contributed by atoms with E-state index in [1.165, 1.54) is 143 Å². The highest BCUT2D eigenvalue weighted by Gasteiger charge is 2.19. The molecule has 0 bridgehead atoms. The number of para-hydroxylation sites is 6. The molecule has 0 aliphatic rings. The number of benzene rings is 14. The van der Waals surface area contributed by atoms with Gasteiger partial charge < -0.3 is 18.7 Å². The van der Waals surface area contributed by atoms with Crippen molar-refractivity contribution in [2.45, 2.75) is 7.43 Å². The average Bonchev–Trinajstić information content (AvgIpc) is 1.59. The highest BCUT2D eigenvalue weighted by atomic mass is 79.9. The number of nitrogens with one attached hydrogen (secondary N) is 1. The molecule has 0 amide bonds. The number of hydrogen-bond donors (Lipinski definition) is 1. The van der Waals surface area contributed by atoms with Crippen molar-refractivity contribution in [1.82, 2.24) is 18.7 Å². The monoisotopic (exact) mass is 1220 g/mol. The van der Waals surface area contributed by atoms with Crippen molar-refractivity contribution in [1.29, 1.82) is 0 Å². The van der Waals surface area contributed by atoms with Crippen molar-refractivity contribution in [3.05, 3.63) is 344 Å². The van der Waals surface area contributed by atoms with Gasteiger partial charge in [0, 0.05) is 75.7 Å². The van der Waals surface area contributed by atoms with Crippen LogP contribution in [0.15, 0.2) is 344 Å². The van der Waals surface area contributed by atoms with Crippen molar-refractivity contribution in [2.75, 3.05) is 0 Å². The summed E-state index contributed by atoms with van der Waals surface area (Å²) in [4.78, 5) is 3.58. The lowest BCUT2D eigenvalue weighted by Gasteiger charge is -2.11. The molecule has 5 heteroatoms. The maximum Gasteiger partial charge on any atom is 0.0562 e. The van der Waals surface area contributed by atoms with Crippen LogP contribution in [0.25, 0.3) is 149 Å². The number of fused-ring (bicyclic) bond motifs is 12. The highest BCUT2D eigenvalue weighted by molar-refractivity contribution is 9.10. The van der Waals surface area contributed by atoms with Crippen LogP contribution >= 0.6 is 15.9 Å². The smallest absolute Gasteiger partial charge is 0.0562 e. The summed E-state index contributed by atoms with van der Waals surface area (Å²) < 4.78 is 8.28. The minimum Gasteiger partial charge on any atom is -0.354 e. The molecule has 0 unspecified atom stereocenters. The van der Waals surface area contributed by atoms with E-state index < -0.39 is 0 Å². The molecule has 4 heterocycles. The summed E-state index contributed by atoms with van der Waals surface area (Å²) in [6, 6.07) is 121. The number of hydrogen-bond acceptors (Lipinski definition) is 0. The van der Waals surface area contributed by atoms with Crippen molar-refractivity contribution in [3.8, 4) is 61.6 Å². The molecule has 0 saturated carbocycles. The van der Waals surface area contributed by atoms with Gasteiger partial charge in [-0.05, 0) is 142 Å². The lowest BCUT2D eigenvalue weighted by molar-refractivity contribution is 1.16. The Morgan fingerprint density at radius 2 is 0.522 bits per heavy atom. The molecule has 4 nitrogen and oxygen atoms in total. The normalized spacial score (nSPS) is 11.3. The molecule has 0 aliphatic carbocycles. The number of aromatic nitrogens is 4. The first-order valence-electron chi connectivity index (χ1n) is 30.2. The van der Waals surface area contributed by atoms with Gasteiger partial charge in [0.15, 0.2) is 0 Å². The van der Waals surface area contributed by atoms with Crippen LogP contribution in [0, 0.1) is 0 Å². The maximum absolute atomic E-state index is 3.58. The van der Waals surface area contributed by atoms with Crippen LogP contribution in [-0.2, 0) is 0 Å². The van der Waals surface area contributed by atoms with Crippen molar-refractivity contribution in [3.63, 3.8) is 0 Å². The predicted molar refractivity (Wildman–Crippen MR) is 388 cm³/mol. The summed E-state index contributed by atoms with van der Waals surface area (Å²) in [5.41, 5.74) is 23.1. The van der Waals surface area contributed by atoms with Crippen LogP contribution in [0.2, 0.25) is 0 Å². The van der Waals surface area contributed by atoms with Crippen LogP contribution in [0.3, 0.4) is 0 Å². The van der Waals surface area contributed by atoms with E-state index >= 15 is 0 Å². The summed E-state index contributed by atoms with van der Waals surface area (Å²) in [7, 11) is 0. The van der Waals surface area contributed by atoms with E-state index in [0.717, 1.165) is 10.2 Å². The van der Waals surface area contributed by atoms with Crippen molar-refractivity contribution in [2.24, 2.45) is 0 Å². The van der Waals surface area contributed by atoms with Crippen LogP contribution in [0.4, 0.5) is 0 Å². The van der Waals surface area contributed by atoms with Crippen molar-refractivity contribution >= 4 is 103 Å². The van der Waals surface area contributed by atoms with Crippen LogP contribution in [-0.4, -0.2) is 18.7 Å². The van der Waals surface area contributed by atoms with Gasteiger partial charge in [0.05, 0.1) is 33.1 Å². The Hall–Kier alpha value is -11.2. The third-order valence-electron chi connectivity index (χ3n) is 17.4. The first-order valence-corrected chi connectivity index (χ1v) is 31.0. The Labute approximate surface area is 531 Å². The summed E-state index contributed by atoms with van der Waals surface area (Å²) in [6.07, 6.45) is 0. The third-order valence-corrected chi connectivity index (χ3v) is 17.9. The molecule has 0 spiro atoms. The molecule has 0 saturated heterocycles. The van der Waals surface area contributed by atoms with Gasteiger partial charge in [-0.15, -0.1) is 0 Å². The van der Waals surface area contributed by atoms with E-state index in [2.05, 4.69) is 362 Å². The number of aromatic amines is 1. The number of halogens is 1. The molecule has 18 aromatic rings. The maximum atomic E-state index is 3.58. The zero-order valence-electron chi connectivity index (χ0n) is 48.6. The lowest BCUT2D eigenvalue weighted by atomic mass is 10.0. The molecule has 1 N–H and O–H groups in total. The molecule has 14 aromatic carbocycles. The Balaban J connectivity index is 0.000000124. The number of nitrogens with zero attached hydrogens (tertiary/aromatic N) is 3. The van der Waals surface area contributed by atoms with E-state index in [9.17, 15) is 0 Å². The van der Waals surface area contributed by atoms with E-state index in [1.807, 2.05) is 12.1 Å². The Kier molecular flexibility index (Phi) is 14.6. The highest BCUT2D eigenvalue weighted by Crippen LogP contribution is 2.41. The zero-order valence-corrected chi connectivity index (χ0v) is 50.1. The SMILES string of the molecule is Brc1cccc(-c2ccc(-c3ccccc3)cc2)c1.C.c1ccc(-c2ccc(-c3ccc(-n4c5ccccc5c5cc6c7ccccc7n(-c7ccccc7)c6cc54)cc3)cc2)cc1.c1ccc(-n2c3ccccc3c3cc4c(cc32)[nH]c2ccccc24)cc1. The van der Waals surface area contributed by atoms with E-state index in [4.69, 9.17) is 0 Å². The zero-order chi connectivity index (χ0) is 59.2. The minimum absolute atomic E-state index is 0. The van der Waals surface area contributed by atoms with Gasteiger partial charge in [0.1, 0.15) is 0 Å². The Bertz CT molecular complexity index is 5570. The van der Waals surface area contributed by atoms with Gasteiger partial charge in [-0.1, -0.05) is 266 Å². The molecule has 0 radical (unpaired) electrons. The predicted octanol–water partition coefficient (Wildman–Crippen LogP) is 24.1. The second-order valence-corrected chi connectivity index (χ2v) is 23.6. The second-order valence-electron chi connectivity index (χ2n) is 22.6. The first-order chi connectivity index (χ1) is 44.1. The molecular weight excluding hydrogens is 1160 g/mol. The van der Waals surface area contributed by atoms with Gasteiger partial charge in [-0.2, -0.15) is 0 Å². The van der Waals surface area contributed by atoms with Gasteiger partial charge in [0.2, 0.25) is 0 Å². The van der Waals surface area contributed by atoms with Gasteiger partial charge in [-0.3, -0.25) is 0 Å². The summed E-state index contributed by atoms with van der Waals surface area (Å²) in [6.45, 7) is 0. The second kappa shape index (κ2) is 23.8. The van der Waals surface area contributed by atoms with Crippen molar-refractivity contribution < 1.29 is 0 Å². The van der Waals surface area contributed by atoms with Gasteiger partial charge >= 0.3 is 0 Å². The van der Waals surface area contributed by atoms with E-state index in [1.54, 1.807) is 0 Å². The van der Waals surface area contributed by atoms with Crippen LogP contribution < -0.4 is 0 Å². The van der Waals surface area contributed by atoms with Gasteiger partial charge in [-0.25, -0.2) is 0 Å². The van der Waals surface area contributed by atoms with E-state index in [-0.39, 0.29) is 7.43 Å². The first kappa shape index (κ1) is 55.3. The van der Waals surface area contributed by atoms with E-state index in [0.29, 0.717) is 0 Å². The molecule has 0 atom stereocenters.